The van der Waals surface area contributed by atoms with E-state index in [1.165, 1.54) is 199 Å². The van der Waals surface area contributed by atoms with E-state index in [-0.39, 0.29) is 12.5 Å². The fourth-order valence-electron chi connectivity index (χ4n) is 9.35. The van der Waals surface area contributed by atoms with Crippen LogP contribution < -0.4 is 5.32 Å². The van der Waals surface area contributed by atoms with E-state index < -0.39 is 12.1 Å². The molecule has 3 N–H and O–H groups in total. The lowest BCUT2D eigenvalue weighted by Gasteiger charge is -2.20. The molecule has 75 heavy (non-hydrogen) atoms. The van der Waals surface area contributed by atoms with Crippen LogP contribution in [0.5, 0.6) is 0 Å². The van der Waals surface area contributed by atoms with Crippen molar-refractivity contribution in [3.8, 4) is 0 Å². The lowest BCUT2D eigenvalue weighted by Crippen LogP contribution is -2.45. The maximum Gasteiger partial charge on any atom is 0.220 e. The Morgan fingerprint density at radius 3 is 0.880 bits per heavy atom. The van der Waals surface area contributed by atoms with Gasteiger partial charge in [0.05, 0.1) is 18.8 Å². The zero-order valence-corrected chi connectivity index (χ0v) is 49.5. The molecule has 0 spiro atoms. The Morgan fingerprint density at radius 2 is 0.587 bits per heavy atom. The van der Waals surface area contributed by atoms with E-state index >= 15 is 0 Å². The van der Waals surface area contributed by atoms with E-state index in [9.17, 15) is 15.0 Å². The molecule has 0 radical (unpaired) electrons. The molecule has 2 unspecified atom stereocenters. The molecule has 0 aliphatic heterocycles. The van der Waals surface area contributed by atoms with Crippen LogP contribution in [0.25, 0.3) is 0 Å². The van der Waals surface area contributed by atoms with Crippen molar-refractivity contribution in [3.05, 3.63) is 122 Å². The number of allylic oxidation sites excluding steroid dienone is 19. The summed E-state index contributed by atoms with van der Waals surface area (Å²) in [5, 5.41) is 23.2. The van der Waals surface area contributed by atoms with Gasteiger partial charge in [-0.15, -0.1) is 0 Å². The Morgan fingerprint density at radius 1 is 0.333 bits per heavy atom. The number of nitrogens with one attached hydrogen (secondary N) is 1. The molecule has 0 saturated heterocycles. The van der Waals surface area contributed by atoms with Gasteiger partial charge in [0.1, 0.15) is 0 Å². The summed E-state index contributed by atoms with van der Waals surface area (Å²) in [7, 11) is 0. The van der Waals surface area contributed by atoms with Crippen LogP contribution in [-0.4, -0.2) is 34.9 Å². The van der Waals surface area contributed by atoms with Crippen molar-refractivity contribution >= 4 is 5.91 Å². The summed E-state index contributed by atoms with van der Waals surface area (Å²) in [5.41, 5.74) is 0. The standard InChI is InChI=1S/C71H123NO3/c1-3-5-7-9-11-13-15-17-19-21-23-25-27-28-29-30-31-32-33-34-35-36-37-38-39-40-41-42-43-44-45-47-49-51-53-55-57-59-61-63-65-67-71(75)72-69(68-73)70(74)66-64-62-60-58-56-54-52-50-48-46-26-24-22-20-18-16-14-12-10-8-6-4-2/h5,7,11,13,17,19,23,25,28-29,31-32,34-35,37-38,40-41,64,66,69-70,73-74H,3-4,6,8-10,12,14-16,18,20-22,24,26-27,30,33,36,39,42-63,65,67-68H2,1-2H3,(H,72,75)/b7-5-,13-11-,19-17-,25-23-,29-28-,32-31-,35-34-,38-37-,41-40-,66-64+. The lowest BCUT2D eigenvalue weighted by atomic mass is 10.0. The van der Waals surface area contributed by atoms with Gasteiger partial charge < -0.3 is 15.5 Å². The van der Waals surface area contributed by atoms with Gasteiger partial charge in [-0.1, -0.05) is 328 Å². The van der Waals surface area contributed by atoms with Crippen LogP contribution in [0.3, 0.4) is 0 Å². The Kier molecular flexibility index (Phi) is 62.3. The third kappa shape index (κ3) is 61.5. The average molecular weight is 1040 g/mol. The molecule has 0 aromatic heterocycles. The fraction of sp³-hybridized carbons (Fsp3) is 0.704. The number of hydrogen-bond acceptors (Lipinski definition) is 3. The molecule has 0 fully saturated rings. The average Bonchev–Trinajstić information content (AvgIpc) is 3.41. The highest BCUT2D eigenvalue weighted by atomic mass is 16.3. The summed E-state index contributed by atoms with van der Waals surface area (Å²) < 4.78 is 0. The van der Waals surface area contributed by atoms with Crippen molar-refractivity contribution in [1.82, 2.24) is 5.32 Å². The third-order valence-corrected chi connectivity index (χ3v) is 14.2. The van der Waals surface area contributed by atoms with E-state index in [4.69, 9.17) is 0 Å². The summed E-state index contributed by atoms with van der Waals surface area (Å²) in [6.45, 7) is 4.21. The van der Waals surface area contributed by atoms with Crippen LogP contribution in [0, 0.1) is 0 Å². The van der Waals surface area contributed by atoms with Crippen LogP contribution in [0.4, 0.5) is 0 Å². The largest absolute Gasteiger partial charge is 0.394 e. The van der Waals surface area contributed by atoms with Gasteiger partial charge >= 0.3 is 0 Å². The number of unbranched alkanes of at least 4 members (excludes halogenated alkanes) is 33. The number of rotatable bonds is 58. The van der Waals surface area contributed by atoms with Crippen LogP contribution in [-0.2, 0) is 4.79 Å². The van der Waals surface area contributed by atoms with Crippen molar-refractivity contribution in [2.45, 2.75) is 315 Å². The highest BCUT2D eigenvalue weighted by Gasteiger charge is 2.18. The molecular weight excluding hydrogens is 915 g/mol. The molecule has 0 aromatic rings. The molecular formula is C71H123NO3. The Hall–Kier alpha value is -3.21. The monoisotopic (exact) mass is 1040 g/mol. The summed E-state index contributed by atoms with van der Waals surface area (Å²) in [5.74, 6) is -0.0664. The fourth-order valence-corrected chi connectivity index (χ4v) is 9.35. The van der Waals surface area contributed by atoms with E-state index in [0.717, 1.165) is 83.5 Å². The lowest BCUT2D eigenvalue weighted by molar-refractivity contribution is -0.123. The number of carbonyl (C=O) groups excluding carboxylic acids is 1. The zero-order valence-electron chi connectivity index (χ0n) is 49.5. The summed E-state index contributed by atoms with van der Waals surface area (Å²) in [4.78, 5) is 12.5. The summed E-state index contributed by atoms with van der Waals surface area (Å²) >= 11 is 0. The first-order chi connectivity index (χ1) is 37.2. The molecule has 0 aromatic carbocycles. The number of amides is 1. The van der Waals surface area contributed by atoms with Gasteiger partial charge in [-0.05, 0) is 89.9 Å². The maximum atomic E-state index is 12.5. The Balaban J connectivity index is 3.55. The molecule has 0 aliphatic rings. The number of aliphatic hydroxyl groups excluding tert-OH is 2. The molecule has 4 nitrogen and oxygen atoms in total. The first-order valence-electron chi connectivity index (χ1n) is 32.2. The van der Waals surface area contributed by atoms with Gasteiger partial charge in [0.15, 0.2) is 0 Å². The van der Waals surface area contributed by atoms with Crippen LogP contribution in [0.1, 0.15) is 303 Å². The molecule has 0 aliphatic carbocycles. The minimum absolute atomic E-state index is 0.0664. The zero-order chi connectivity index (χ0) is 54.1. The highest BCUT2D eigenvalue weighted by molar-refractivity contribution is 5.76. The molecule has 0 rings (SSSR count). The smallest absolute Gasteiger partial charge is 0.220 e. The summed E-state index contributed by atoms with van der Waals surface area (Å²) in [6, 6.07) is -0.630. The summed E-state index contributed by atoms with van der Waals surface area (Å²) in [6.07, 6.45) is 99.6. The van der Waals surface area contributed by atoms with E-state index in [0.29, 0.717) is 6.42 Å². The van der Waals surface area contributed by atoms with Crippen molar-refractivity contribution in [2.24, 2.45) is 0 Å². The molecule has 430 valence electrons. The minimum Gasteiger partial charge on any atom is -0.394 e. The minimum atomic E-state index is -0.847. The van der Waals surface area contributed by atoms with Crippen molar-refractivity contribution < 1.29 is 15.0 Å². The molecule has 0 bridgehead atoms. The molecule has 2 atom stereocenters. The predicted molar refractivity (Wildman–Crippen MR) is 336 cm³/mol. The number of hydrogen-bond donors (Lipinski definition) is 3. The second-order valence-corrected chi connectivity index (χ2v) is 21.5. The van der Waals surface area contributed by atoms with Gasteiger partial charge in [-0.2, -0.15) is 0 Å². The van der Waals surface area contributed by atoms with E-state index in [2.05, 4.69) is 129 Å². The van der Waals surface area contributed by atoms with Crippen molar-refractivity contribution in [3.63, 3.8) is 0 Å². The quantitative estimate of drug-likeness (QED) is 0.0420. The maximum absolute atomic E-state index is 12.5. The van der Waals surface area contributed by atoms with Gasteiger partial charge in [0.25, 0.3) is 0 Å². The van der Waals surface area contributed by atoms with Crippen molar-refractivity contribution in [2.75, 3.05) is 6.61 Å². The molecule has 4 heteroatoms. The first kappa shape index (κ1) is 71.8. The van der Waals surface area contributed by atoms with Gasteiger partial charge in [-0.25, -0.2) is 0 Å². The molecule has 1 amide bonds. The normalized spacial score (nSPS) is 13.6. The first-order valence-corrected chi connectivity index (χ1v) is 32.2. The SMILES string of the molecule is CC/C=C\C/C=C\C/C=C\C/C=C\C/C=C\C/C=C\C/C=C\C/C=C\C/C=C\CCCCCCCCCCCCCCCC(=O)NC(CO)C(O)/C=C/CCCCCCCCCCCCCCCCCCCCCC. The predicted octanol–water partition coefficient (Wildman–Crippen LogP) is 22.0. The van der Waals surface area contributed by atoms with Gasteiger partial charge in [-0.3, -0.25) is 4.79 Å². The van der Waals surface area contributed by atoms with E-state index in [1.54, 1.807) is 6.08 Å². The van der Waals surface area contributed by atoms with Gasteiger partial charge in [0, 0.05) is 6.42 Å². The molecule has 0 saturated carbocycles. The Labute approximate surface area is 467 Å². The van der Waals surface area contributed by atoms with Crippen LogP contribution in [0.15, 0.2) is 122 Å². The number of carbonyl (C=O) groups is 1. The molecule has 0 heterocycles. The number of aliphatic hydroxyl groups is 2. The highest BCUT2D eigenvalue weighted by Crippen LogP contribution is 2.17. The third-order valence-electron chi connectivity index (χ3n) is 14.2. The van der Waals surface area contributed by atoms with E-state index in [1.807, 2.05) is 6.08 Å². The van der Waals surface area contributed by atoms with Crippen LogP contribution >= 0.6 is 0 Å². The van der Waals surface area contributed by atoms with Gasteiger partial charge in [0.2, 0.25) is 5.91 Å². The Bertz CT molecular complexity index is 1460. The van der Waals surface area contributed by atoms with Crippen LogP contribution in [0.2, 0.25) is 0 Å². The van der Waals surface area contributed by atoms with Crippen molar-refractivity contribution in [1.29, 1.82) is 0 Å². The topological polar surface area (TPSA) is 69.6 Å². The second-order valence-electron chi connectivity index (χ2n) is 21.5. The second kappa shape index (κ2) is 65.1.